The molecule has 0 aliphatic carbocycles. The third kappa shape index (κ3) is 4.06. The number of aryl methyl sites for hydroxylation is 1. The van der Waals surface area contributed by atoms with Gasteiger partial charge < -0.3 is 9.15 Å². The Hall–Kier alpha value is -2.99. The molecule has 0 spiro atoms. The van der Waals surface area contributed by atoms with Crippen LogP contribution < -0.4 is 4.74 Å². The van der Waals surface area contributed by atoms with Crippen LogP contribution in [0.2, 0.25) is 0 Å². The Morgan fingerprint density at radius 2 is 1.78 bits per heavy atom. The van der Waals surface area contributed by atoms with E-state index in [1.54, 1.807) is 18.0 Å². The number of aromatic nitrogens is 3. The molecule has 0 saturated carbocycles. The lowest BCUT2D eigenvalue weighted by Gasteiger charge is -2.09. The number of furan rings is 1. The van der Waals surface area contributed by atoms with Gasteiger partial charge in [-0.3, -0.25) is 4.57 Å². The summed E-state index contributed by atoms with van der Waals surface area (Å²) in [5.41, 5.74) is 2.22. The number of nitrogens with zero attached hydrogens (tertiary/aromatic N) is 3. The fourth-order valence-corrected chi connectivity index (χ4v) is 3.43. The highest BCUT2D eigenvalue weighted by atomic mass is 32.2. The van der Waals surface area contributed by atoms with Crippen LogP contribution in [0, 0.1) is 6.92 Å². The Labute approximate surface area is 162 Å². The first kappa shape index (κ1) is 17.4. The third-order valence-corrected chi connectivity index (χ3v) is 4.89. The molecule has 4 aromatic rings. The molecule has 4 rings (SSSR count). The summed E-state index contributed by atoms with van der Waals surface area (Å²) in [6, 6.07) is 21.8. The Morgan fingerprint density at radius 1 is 0.963 bits per heavy atom. The van der Waals surface area contributed by atoms with Crippen molar-refractivity contribution in [2.24, 2.45) is 0 Å². The maximum Gasteiger partial charge on any atom is 0.205 e. The second-order valence-corrected chi connectivity index (χ2v) is 7.03. The predicted octanol–water partition coefficient (Wildman–Crippen LogP) is 5.01. The van der Waals surface area contributed by atoms with Gasteiger partial charge in [-0.05, 0) is 43.3 Å². The van der Waals surface area contributed by atoms with E-state index in [4.69, 9.17) is 9.15 Å². The summed E-state index contributed by atoms with van der Waals surface area (Å²) in [6.07, 6.45) is 1.64. The topological polar surface area (TPSA) is 53.1 Å². The monoisotopic (exact) mass is 377 g/mol. The van der Waals surface area contributed by atoms with Gasteiger partial charge in [0.25, 0.3) is 0 Å². The normalized spacial score (nSPS) is 10.9. The van der Waals surface area contributed by atoms with Crippen LogP contribution in [0.3, 0.4) is 0 Å². The maximum absolute atomic E-state index is 5.81. The molecule has 0 atom stereocenters. The Balaban J connectivity index is 1.50. The molecule has 6 heteroatoms. The van der Waals surface area contributed by atoms with Crippen LogP contribution in [-0.2, 0) is 0 Å². The molecule has 2 aromatic carbocycles. The van der Waals surface area contributed by atoms with E-state index in [-0.39, 0.29) is 0 Å². The molecule has 0 radical (unpaired) electrons. The third-order valence-electron chi connectivity index (χ3n) is 3.99. The van der Waals surface area contributed by atoms with Crippen molar-refractivity contribution in [1.29, 1.82) is 0 Å². The number of rotatable bonds is 7. The SMILES string of the molecule is Cc1ccc(OCCSc2nnc(-c3ccco3)n2-c2ccccc2)cc1. The molecule has 0 fully saturated rings. The van der Waals surface area contributed by atoms with Gasteiger partial charge in [0.1, 0.15) is 5.75 Å². The zero-order chi connectivity index (χ0) is 18.5. The van der Waals surface area contributed by atoms with Gasteiger partial charge in [-0.1, -0.05) is 47.7 Å². The van der Waals surface area contributed by atoms with Crippen LogP contribution in [0.1, 0.15) is 5.56 Å². The summed E-state index contributed by atoms with van der Waals surface area (Å²) in [4.78, 5) is 0. The van der Waals surface area contributed by atoms with Crippen molar-refractivity contribution >= 4 is 11.8 Å². The first-order valence-electron chi connectivity index (χ1n) is 8.68. The molecule has 2 heterocycles. The summed E-state index contributed by atoms with van der Waals surface area (Å²) < 4.78 is 13.4. The Bertz CT molecular complexity index is 980. The highest BCUT2D eigenvalue weighted by molar-refractivity contribution is 7.99. The largest absolute Gasteiger partial charge is 0.493 e. The molecule has 2 aromatic heterocycles. The van der Waals surface area contributed by atoms with E-state index in [2.05, 4.69) is 17.1 Å². The zero-order valence-electron chi connectivity index (χ0n) is 14.9. The van der Waals surface area contributed by atoms with E-state index in [1.807, 2.05) is 71.3 Å². The van der Waals surface area contributed by atoms with Crippen LogP contribution in [0.5, 0.6) is 5.75 Å². The molecule has 136 valence electrons. The van der Waals surface area contributed by atoms with Gasteiger partial charge in [0, 0.05) is 11.4 Å². The number of thioether (sulfide) groups is 1. The van der Waals surface area contributed by atoms with Gasteiger partial charge in [-0.15, -0.1) is 10.2 Å². The van der Waals surface area contributed by atoms with Crippen molar-refractivity contribution in [1.82, 2.24) is 14.8 Å². The fourth-order valence-electron chi connectivity index (χ4n) is 2.67. The lowest BCUT2D eigenvalue weighted by atomic mass is 10.2. The molecular formula is C21H19N3O2S. The van der Waals surface area contributed by atoms with E-state index in [9.17, 15) is 0 Å². The van der Waals surface area contributed by atoms with Crippen molar-refractivity contribution in [2.75, 3.05) is 12.4 Å². The zero-order valence-corrected chi connectivity index (χ0v) is 15.7. The second kappa shape index (κ2) is 8.14. The number of para-hydroxylation sites is 1. The van der Waals surface area contributed by atoms with E-state index in [1.165, 1.54) is 5.56 Å². The van der Waals surface area contributed by atoms with Gasteiger partial charge in [-0.2, -0.15) is 0 Å². The standard InChI is InChI=1S/C21H19N3O2S/c1-16-9-11-18(12-10-16)25-14-15-27-21-23-22-20(19-8-5-13-26-19)24(21)17-6-3-2-4-7-17/h2-13H,14-15H2,1H3. The predicted molar refractivity (Wildman–Crippen MR) is 106 cm³/mol. The smallest absolute Gasteiger partial charge is 0.205 e. The van der Waals surface area contributed by atoms with E-state index in [0.717, 1.165) is 22.3 Å². The first-order chi connectivity index (χ1) is 13.3. The molecule has 0 unspecified atom stereocenters. The minimum absolute atomic E-state index is 0.589. The molecule has 0 saturated heterocycles. The van der Waals surface area contributed by atoms with E-state index < -0.39 is 0 Å². The summed E-state index contributed by atoms with van der Waals surface area (Å²) in [5.74, 6) is 3.01. The van der Waals surface area contributed by atoms with E-state index >= 15 is 0 Å². The molecule has 27 heavy (non-hydrogen) atoms. The van der Waals surface area contributed by atoms with E-state index in [0.29, 0.717) is 18.2 Å². The molecule has 0 N–H and O–H groups in total. The van der Waals surface area contributed by atoms with Gasteiger partial charge in [-0.25, -0.2) is 0 Å². The molecule has 0 bridgehead atoms. The van der Waals surface area contributed by atoms with Crippen molar-refractivity contribution in [3.05, 3.63) is 78.6 Å². The van der Waals surface area contributed by atoms with Crippen molar-refractivity contribution in [2.45, 2.75) is 12.1 Å². The molecule has 0 aliphatic heterocycles. The van der Waals surface area contributed by atoms with Gasteiger partial charge in [0.05, 0.1) is 12.9 Å². The number of benzene rings is 2. The quantitative estimate of drug-likeness (QED) is 0.335. The summed E-state index contributed by atoms with van der Waals surface area (Å²) in [6.45, 7) is 2.65. The van der Waals surface area contributed by atoms with Crippen LogP contribution in [0.4, 0.5) is 0 Å². The molecule has 0 amide bonds. The minimum Gasteiger partial charge on any atom is -0.493 e. The van der Waals surface area contributed by atoms with Crippen molar-refractivity contribution in [3.63, 3.8) is 0 Å². The summed E-state index contributed by atoms with van der Waals surface area (Å²) in [5, 5.41) is 9.51. The lowest BCUT2D eigenvalue weighted by molar-refractivity contribution is 0.344. The second-order valence-electron chi connectivity index (χ2n) is 5.96. The fraction of sp³-hybridized carbons (Fsp3) is 0.143. The average molecular weight is 377 g/mol. The van der Waals surface area contributed by atoms with Crippen LogP contribution in [-0.4, -0.2) is 27.1 Å². The van der Waals surface area contributed by atoms with Crippen LogP contribution >= 0.6 is 11.8 Å². The van der Waals surface area contributed by atoms with Gasteiger partial charge in [0.2, 0.25) is 5.82 Å². The first-order valence-corrected chi connectivity index (χ1v) is 9.67. The minimum atomic E-state index is 0.589. The average Bonchev–Trinajstić information content (AvgIpc) is 3.37. The molecule has 5 nitrogen and oxygen atoms in total. The Kier molecular flexibility index (Phi) is 5.25. The lowest BCUT2D eigenvalue weighted by Crippen LogP contribution is -2.03. The Morgan fingerprint density at radius 3 is 2.52 bits per heavy atom. The van der Waals surface area contributed by atoms with Crippen molar-refractivity contribution in [3.8, 4) is 23.0 Å². The van der Waals surface area contributed by atoms with Crippen LogP contribution in [0.25, 0.3) is 17.3 Å². The number of hydrogen-bond acceptors (Lipinski definition) is 5. The van der Waals surface area contributed by atoms with Crippen LogP contribution in [0.15, 0.2) is 82.6 Å². The highest BCUT2D eigenvalue weighted by Gasteiger charge is 2.17. The van der Waals surface area contributed by atoms with Crippen molar-refractivity contribution < 1.29 is 9.15 Å². The maximum atomic E-state index is 5.81. The highest BCUT2D eigenvalue weighted by Crippen LogP contribution is 2.28. The number of hydrogen-bond donors (Lipinski definition) is 0. The van der Waals surface area contributed by atoms with Gasteiger partial charge >= 0.3 is 0 Å². The summed E-state index contributed by atoms with van der Waals surface area (Å²) in [7, 11) is 0. The molecule has 0 aliphatic rings. The molecular weight excluding hydrogens is 358 g/mol. The summed E-state index contributed by atoms with van der Waals surface area (Å²) >= 11 is 1.61. The number of ether oxygens (including phenoxy) is 1. The van der Waals surface area contributed by atoms with Gasteiger partial charge in [0.15, 0.2) is 10.9 Å².